The lowest BCUT2D eigenvalue weighted by Gasteiger charge is -2.00. The molecule has 0 radical (unpaired) electrons. The molecule has 0 unspecified atom stereocenters. The first-order valence-corrected chi connectivity index (χ1v) is 7.98. The summed E-state index contributed by atoms with van der Waals surface area (Å²) in [6.07, 6.45) is 1.60. The van der Waals surface area contributed by atoms with Gasteiger partial charge in [0.2, 0.25) is 5.88 Å². The van der Waals surface area contributed by atoms with Crippen LogP contribution < -0.4 is 15.4 Å². The molecule has 0 bridgehead atoms. The highest BCUT2D eigenvalue weighted by molar-refractivity contribution is 7.13. The smallest absolute Gasteiger partial charge is 0.279 e. The number of nitrogens with one attached hydrogen (secondary N) is 1. The number of aromatic nitrogens is 2. The lowest BCUT2D eigenvalue weighted by molar-refractivity contribution is -0.112. The average molecular weight is 328 g/mol. The van der Waals surface area contributed by atoms with Crippen LogP contribution in [0.2, 0.25) is 0 Å². The third-order valence-electron chi connectivity index (χ3n) is 3.26. The minimum atomic E-state index is -0.399. The molecule has 0 saturated heterocycles. The van der Waals surface area contributed by atoms with Gasteiger partial charge in [0, 0.05) is 16.8 Å². The minimum Gasteiger partial charge on any atom is -0.493 e. The van der Waals surface area contributed by atoms with E-state index in [0.717, 1.165) is 11.3 Å². The van der Waals surface area contributed by atoms with Gasteiger partial charge in [-0.05, 0) is 6.07 Å². The predicted octanol–water partition coefficient (Wildman–Crippen LogP) is 0.539. The lowest BCUT2D eigenvalue weighted by atomic mass is 10.1. The number of amides is 1. The number of hydrogen-bond acceptors (Lipinski definition) is 6. The first-order valence-electron chi connectivity index (χ1n) is 6.29. The minimum absolute atomic E-state index is 0.104. The molecular formula is C14H8N4O2S2. The van der Waals surface area contributed by atoms with Crippen molar-refractivity contribution in [2.45, 2.75) is 0 Å². The summed E-state index contributed by atoms with van der Waals surface area (Å²) in [5, 5.41) is 22.1. The molecule has 3 heterocycles. The van der Waals surface area contributed by atoms with E-state index in [0.29, 0.717) is 26.2 Å². The van der Waals surface area contributed by atoms with E-state index in [2.05, 4.69) is 9.98 Å². The van der Waals surface area contributed by atoms with Crippen LogP contribution in [-0.2, 0) is 4.79 Å². The molecule has 4 rings (SSSR count). The Balaban J connectivity index is 2.05. The van der Waals surface area contributed by atoms with Gasteiger partial charge in [-0.3, -0.25) is 10.2 Å². The van der Waals surface area contributed by atoms with Crippen molar-refractivity contribution in [3.63, 3.8) is 0 Å². The molecule has 0 spiro atoms. The predicted molar refractivity (Wildman–Crippen MR) is 81.6 cm³/mol. The number of aromatic hydroxyl groups is 1. The molecule has 2 N–H and O–H groups in total. The van der Waals surface area contributed by atoms with Crippen molar-refractivity contribution in [2.24, 2.45) is 4.99 Å². The van der Waals surface area contributed by atoms with Crippen LogP contribution in [0.15, 0.2) is 40.8 Å². The average Bonchev–Trinajstić information content (AvgIpc) is 3.17. The first kappa shape index (κ1) is 13.1. The van der Waals surface area contributed by atoms with Crippen LogP contribution in [0.25, 0.3) is 10.7 Å². The summed E-state index contributed by atoms with van der Waals surface area (Å²) in [5.74, 6) is -0.552. The summed E-state index contributed by atoms with van der Waals surface area (Å²) in [6, 6.07) is 7.16. The number of fused-ring (bicyclic) bond motifs is 1. The summed E-state index contributed by atoms with van der Waals surface area (Å²) in [5.41, 5.74) is 0.335. The molecule has 0 fully saturated rings. The third kappa shape index (κ3) is 1.78. The zero-order valence-corrected chi connectivity index (χ0v) is 12.6. The summed E-state index contributed by atoms with van der Waals surface area (Å²) in [6.45, 7) is 0. The Morgan fingerprint density at radius 3 is 2.86 bits per heavy atom. The van der Waals surface area contributed by atoms with Crippen LogP contribution in [0.3, 0.4) is 0 Å². The van der Waals surface area contributed by atoms with Gasteiger partial charge in [-0.15, -0.1) is 11.3 Å². The van der Waals surface area contributed by atoms with Crippen LogP contribution >= 0.6 is 22.7 Å². The van der Waals surface area contributed by atoms with E-state index in [4.69, 9.17) is 5.41 Å². The Morgan fingerprint density at radius 1 is 1.27 bits per heavy atom. The van der Waals surface area contributed by atoms with Crippen LogP contribution in [0.1, 0.15) is 4.88 Å². The molecule has 1 aliphatic heterocycles. The highest BCUT2D eigenvalue weighted by Crippen LogP contribution is 2.30. The van der Waals surface area contributed by atoms with Gasteiger partial charge < -0.3 is 5.11 Å². The van der Waals surface area contributed by atoms with E-state index in [1.807, 2.05) is 6.07 Å². The molecule has 1 aliphatic rings. The quantitative estimate of drug-likeness (QED) is 0.719. The van der Waals surface area contributed by atoms with E-state index in [-0.39, 0.29) is 10.7 Å². The van der Waals surface area contributed by atoms with E-state index >= 15 is 0 Å². The van der Waals surface area contributed by atoms with Gasteiger partial charge in [-0.25, -0.2) is 14.5 Å². The Kier molecular flexibility index (Phi) is 2.81. The third-order valence-corrected chi connectivity index (χ3v) is 4.99. The highest BCUT2D eigenvalue weighted by atomic mass is 32.1. The summed E-state index contributed by atoms with van der Waals surface area (Å²) >= 11 is 2.34. The van der Waals surface area contributed by atoms with Gasteiger partial charge in [0.05, 0.1) is 10.9 Å². The van der Waals surface area contributed by atoms with Crippen molar-refractivity contribution in [3.8, 4) is 11.0 Å². The molecule has 108 valence electrons. The molecule has 0 saturated carbocycles. The molecule has 1 amide bonds. The summed E-state index contributed by atoms with van der Waals surface area (Å²) < 4.78 is 1.33. The van der Waals surface area contributed by atoms with E-state index in [1.165, 1.54) is 15.9 Å². The van der Waals surface area contributed by atoms with E-state index < -0.39 is 5.91 Å². The summed E-state index contributed by atoms with van der Waals surface area (Å²) in [7, 11) is 0. The number of hydrogen-bond donors (Lipinski definition) is 2. The number of carbonyl (C=O) groups excluding carboxylic acids is 1. The number of benzene rings is 1. The second-order valence-electron chi connectivity index (χ2n) is 4.52. The van der Waals surface area contributed by atoms with Crippen molar-refractivity contribution in [1.82, 2.24) is 9.55 Å². The normalized spacial score (nSPS) is 13.3. The molecular weight excluding hydrogens is 320 g/mol. The number of carbonyl (C=O) groups is 1. The lowest BCUT2D eigenvalue weighted by Crippen LogP contribution is -2.22. The Hall–Kier alpha value is -2.58. The second kappa shape index (κ2) is 4.72. The molecule has 0 atom stereocenters. The molecule has 6 nitrogen and oxygen atoms in total. The summed E-state index contributed by atoms with van der Waals surface area (Å²) in [4.78, 5) is 20.7. The number of nitrogens with zero attached hydrogens (tertiary/aromatic N) is 3. The molecule has 22 heavy (non-hydrogen) atoms. The largest absolute Gasteiger partial charge is 0.493 e. The van der Waals surface area contributed by atoms with Crippen LogP contribution in [-0.4, -0.2) is 20.6 Å². The maximum atomic E-state index is 12.2. The van der Waals surface area contributed by atoms with Crippen molar-refractivity contribution in [3.05, 3.63) is 56.1 Å². The fourth-order valence-corrected chi connectivity index (χ4v) is 3.98. The maximum absolute atomic E-state index is 12.2. The zero-order valence-electron chi connectivity index (χ0n) is 11.0. The van der Waals surface area contributed by atoms with Crippen LogP contribution in [0, 0.1) is 5.41 Å². The molecule has 2 aromatic heterocycles. The number of para-hydroxylation sites is 1. The number of rotatable bonds is 2. The standard InChI is InChI=1S/C14H8N4O2S2/c15-13-18(14-16-5-6-21-14)12(20)10(22-13)9-7-3-1-2-4-8(7)17-11(9)19/h1-6,15,20H. The van der Waals surface area contributed by atoms with Crippen LogP contribution in [0.5, 0.6) is 5.88 Å². The fourth-order valence-electron chi connectivity index (χ4n) is 2.33. The fraction of sp³-hybridized carbons (Fsp3) is 0. The van der Waals surface area contributed by atoms with Gasteiger partial charge in [-0.1, -0.05) is 29.5 Å². The molecule has 0 aliphatic carbocycles. The van der Waals surface area contributed by atoms with Crippen molar-refractivity contribution >= 4 is 34.2 Å². The van der Waals surface area contributed by atoms with Crippen molar-refractivity contribution in [1.29, 1.82) is 5.41 Å². The first-order chi connectivity index (χ1) is 10.7. The molecule has 8 heteroatoms. The second-order valence-corrected chi connectivity index (χ2v) is 6.39. The van der Waals surface area contributed by atoms with Gasteiger partial charge in [-0.2, -0.15) is 0 Å². The van der Waals surface area contributed by atoms with Crippen LogP contribution in [0.4, 0.5) is 0 Å². The topological polar surface area (TPSA) is 91.3 Å². The van der Waals surface area contributed by atoms with E-state index in [1.54, 1.807) is 29.8 Å². The molecule has 3 aromatic rings. The molecule has 1 aromatic carbocycles. The number of thiazole rings is 2. The van der Waals surface area contributed by atoms with Crippen molar-refractivity contribution < 1.29 is 9.90 Å². The van der Waals surface area contributed by atoms with E-state index in [9.17, 15) is 9.90 Å². The Bertz CT molecular complexity index is 1080. The van der Waals surface area contributed by atoms with Gasteiger partial charge in [0.1, 0.15) is 4.88 Å². The van der Waals surface area contributed by atoms with Gasteiger partial charge >= 0.3 is 0 Å². The van der Waals surface area contributed by atoms with Crippen molar-refractivity contribution in [2.75, 3.05) is 0 Å². The maximum Gasteiger partial charge on any atom is 0.279 e. The SMILES string of the molecule is N=c1sc(C2=c3ccccc3=NC2=O)c(O)n1-c1nccs1. The van der Waals surface area contributed by atoms with Gasteiger partial charge in [0.25, 0.3) is 5.91 Å². The zero-order chi connectivity index (χ0) is 15.3. The Labute approximate surface area is 131 Å². The van der Waals surface area contributed by atoms with Gasteiger partial charge in [0.15, 0.2) is 9.93 Å². The Morgan fingerprint density at radius 2 is 2.09 bits per heavy atom. The highest BCUT2D eigenvalue weighted by Gasteiger charge is 2.26. The monoisotopic (exact) mass is 328 g/mol.